The third-order valence-corrected chi connectivity index (χ3v) is 4.14. The molecule has 1 aliphatic rings. The number of nitrogens with zero attached hydrogens (tertiary/aromatic N) is 2. The van der Waals surface area contributed by atoms with Gasteiger partial charge >= 0.3 is 0 Å². The van der Waals surface area contributed by atoms with Gasteiger partial charge in [0, 0.05) is 23.7 Å². The summed E-state index contributed by atoms with van der Waals surface area (Å²) in [4.78, 5) is 24.6. The molecule has 1 amide bonds. The van der Waals surface area contributed by atoms with E-state index in [2.05, 4.69) is 0 Å². The van der Waals surface area contributed by atoms with Crippen LogP contribution >= 0.6 is 23.2 Å². The number of halogens is 2. The van der Waals surface area contributed by atoms with Crippen LogP contribution in [0.1, 0.15) is 15.9 Å². The number of rotatable bonds is 2. The molecule has 2 aromatic rings. The number of fused-ring (bicyclic) bond motifs is 1. The maximum absolute atomic E-state index is 12.7. The number of hydrogen-bond donors (Lipinski definition) is 0. The minimum Gasteiger partial charge on any atom is -0.307 e. The maximum atomic E-state index is 12.7. The van der Waals surface area contributed by atoms with Crippen LogP contribution in [0, 0.1) is 10.1 Å². The van der Waals surface area contributed by atoms with Gasteiger partial charge in [-0.05, 0) is 30.2 Å². The van der Waals surface area contributed by atoms with Crippen molar-refractivity contribution in [2.24, 2.45) is 0 Å². The minimum atomic E-state index is -0.479. The second kappa shape index (κ2) is 5.59. The molecule has 0 fully saturated rings. The largest absolute Gasteiger partial charge is 0.307 e. The fraction of sp³-hybridized carbons (Fsp3) is 0.133. The molecule has 0 N–H and O–H groups in total. The molecule has 0 bridgehead atoms. The number of nitro groups is 1. The zero-order chi connectivity index (χ0) is 15.9. The number of benzene rings is 2. The predicted molar refractivity (Wildman–Crippen MR) is 84.9 cm³/mol. The van der Waals surface area contributed by atoms with Crippen LogP contribution in [0.4, 0.5) is 11.4 Å². The van der Waals surface area contributed by atoms with Crippen molar-refractivity contribution < 1.29 is 9.72 Å². The number of carbonyl (C=O) groups is 1. The van der Waals surface area contributed by atoms with E-state index >= 15 is 0 Å². The molecule has 7 heteroatoms. The van der Waals surface area contributed by atoms with Crippen LogP contribution in [0.15, 0.2) is 36.4 Å². The van der Waals surface area contributed by atoms with Gasteiger partial charge in [-0.15, -0.1) is 0 Å². The summed E-state index contributed by atoms with van der Waals surface area (Å²) in [6.07, 6.45) is 0.650. The Bertz CT molecular complexity index is 792. The van der Waals surface area contributed by atoms with E-state index in [1.54, 1.807) is 18.2 Å². The van der Waals surface area contributed by atoms with Crippen LogP contribution in [0.2, 0.25) is 10.0 Å². The average molecular weight is 337 g/mol. The van der Waals surface area contributed by atoms with Gasteiger partial charge in [0.25, 0.3) is 11.6 Å². The fourth-order valence-corrected chi connectivity index (χ4v) is 2.87. The SMILES string of the molecule is O=C(c1cc(Cl)ccc1Cl)N1CCc2ccc([N+](=O)[O-])cc21. The van der Waals surface area contributed by atoms with Gasteiger partial charge < -0.3 is 4.90 Å². The normalized spacial score (nSPS) is 13.1. The lowest BCUT2D eigenvalue weighted by atomic mass is 10.1. The number of hydrogen-bond acceptors (Lipinski definition) is 3. The Morgan fingerprint density at radius 3 is 2.68 bits per heavy atom. The number of anilines is 1. The summed E-state index contributed by atoms with van der Waals surface area (Å²) in [5.74, 6) is -0.313. The second-order valence-corrected chi connectivity index (χ2v) is 5.74. The third-order valence-electron chi connectivity index (χ3n) is 3.58. The van der Waals surface area contributed by atoms with Gasteiger partial charge in [-0.25, -0.2) is 0 Å². The van der Waals surface area contributed by atoms with E-state index in [1.807, 2.05) is 0 Å². The van der Waals surface area contributed by atoms with Crippen molar-refractivity contribution >= 4 is 40.5 Å². The van der Waals surface area contributed by atoms with Crippen LogP contribution < -0.4 is 4.90 Å². The lowest BCUT2D eigenvalue weighted by molar-refractivity contribution is -0.384. The van der Waals surface area contributed by atoms with Crippen LogP contribution in [-0.4, -0.2) is 17.4 Å². The minimum absolute atomic E-state index is 0.0457. The van der Waals surface area contributed by atoms with Crippen LogP contribution in [0.25, 0.3) is 0 Å². The van der Waals surface area contributed by atoms with Crippen LogP contribution in [0.3, 0.4) is 0 Å². The quantitative estimate of drug-likeness (QED) is 0.612. The molecule has 5 nitrogen and oxygen atoms in total. The second-order valence-electron chi connectivity index (χ2n) is 4.90. The monoisotopic (exact) mass is 336 g/mol. The molecule has 0 aromatic heterocycles. The zero-order valence-electron chi connectivity index (χ0n) is 11.3. The van der Waals surface area contributed by atoms with E-state index in [-0.39, 0.29) is 17.2 Å². The Kier molecular flexibility index (Phi) is 3.76. The molecule has 0 saturated heterocycles. The molecule has 3 rings (SSSR count). The highest BCUT2D eigenvalue weighted by atomic mass is 35.5. The lowest BCUT2D eigenvalue weighted by Gasteiger charge is -2.18. The highest BCUT2D eigenvalue weighted by Crippen LogP contribution is 2.34. The van der Waals surface area contributed by atoms with Crippen molar-refractivity contribution in [3.63, 3.8) is 0 Å². The first-order valence-corrected chi connectivity index (χ1v) is 7.27. The summed E-state index contributed by atoms with van der Waals surface area (Å²) in [6, 6.07) is 9.20. The molecule has 112 valence electrons. The molecule has 0 spiro atoms. The molecule has 0 radical (unpaired) electrons. The van der Waals surface area contributed by atoms with Crippen LogP contribution in [0.5, 0.6) is 0 Å². The van der Waals surface area contributed by atoms with Crippen molar-refractivity contribution in [1.82, 2.24) is 0 Å². The van der Waals surface area contributed by atoms with Gasteiger partial charge in [0.1, 0.15) is 0 Å². The molecule has 22 heavy (non-hydrogen) atoms. The number of nitro benzene ring substituents is 1. The summed E-state index contributed by atoms with van der Waals surface area (Å²) >= 11 is 12.0. The predicted octanol–water partition coefficient (Wildman–Crippen LogP) is 4.10. The molecular weight excluding hydrogens is 327 g/mol. The number of carbonyl (C=O) groups excluding carboxylic acids is 1. The highest BCUT2D eigenvalue weighted by molar-refractivity contribution is 6.36. The van der Waals surface area contributed by atoms with Crippen molar-refractivity contribution in [2.45, 2.75) is 6.42 Å². The standard InChI is InChI=1S/C15H10Cl2N2O3/c16-10-2-4-13(17)12(7-10)15(20)18-6-5-9-1-3-11(19(21)22)8-14(9)18/h1-4,7-8H,5-6H2. The Morgan fingerprint density at radius 1 is 1.18 bits per heavy atom. The van der Waals surface area contributed by atoms with Gasteiger partial charge in [-0.2, -0.15) is 0 Å². The molecule has 1 heterocycles. The molecule has 1 aliphatic heterocycles. The van der Waals surface area contributed by atoms with E-state index in [9.17, 15) is 14.9 Å². The molecule has 2 aromatic carbocycles. The Morgan fingerprint density at radius 2 is 1.95 bits per heavy atom. The van der Waals surface area contributed by atoms with Crippen molar-refractivity contribution in [3.05, 3.63) is 67.7 Å². The number of amides is 1. The summed E-state index contributed by atoms with van der Waals surface area (Å²) in [5, 5.41) is 11.6. The summed E-state index contributed by atoms with van der Waals surface area (Å²) in [6.45, 7) is 0.457. The van der Waals surface area contributed by atoms with Gasteiger partial charge in [0.2, 0.25) is 0 Å². The van der Waals surface area contributed by atoms with Crippen molar-refractivity contribution in [3.8, 4) is 0 Å². The smallest absolute Gasteiger partial charge is 0.271 e. The van der Waals surface area contributed by atoms with Crippen LogP contribution in [-0.2, 0) is 6.42 Å². The van der Waals surface area contributed by atoms with E-state index in [4.69, 9.17) is 23.2 Å². The molecule has 0 atom stereocenters. The van der Waals surface area contributed by atoms with Crippen molar-refractivity contribution in [1.29, 1.82) is 0 Å². The average Bonchev–Trinajstić information content (AvgIpc) is 2.92. The van der Waals surface area contributed by atoms with Gasteiger partial charge in [-0.1, -0.05) is 29.3 Å². The maximum Gasteiger partial charge on any atom is 0.271 e. The van der Waals surface area contributed by atoms with E-state index < -0.39 is 4.92 Å². The van der Waals surface area contributed by atoms with Crippen molar-refractivity contribution in [2.75, 3.05) is 11.4 Å². The fourth-order valence-electron chi connectivity index (χ4n) is 2.50. The first kappa shape index (κ1) is 14.8. The Balaban J connectivity index is 2.02. The molecule has 0 aliphatic carbocycles. The van der Waals surface area contributed by atoms with E-state index in [0.29, 0.717) is 28.7 Å². The highest BCUT2D eigenvalue weighted by Gasteiger charge is 2.28. The zero-order valence-corrected chi connectivity index (χ0v) is 12.8. The topological polar surface area (TPSA) is 63.5 Å². The lowest BCUT2D eigenvalue weighted by Crippen LogP contribution is -2.29. The number of non-ortho nitro benzene ring substituents is 1. The van der Waals surface area contributed by atoms with Gasteiger partial charge in [-0.3, -0.25) is 14.9 Å². The van der Waals surface area contributed by atoms with Gasteiger partial charge in [0.05, 0.1) is 21.2 Å². The van der Waals surface area contributed by atoms with E-state index in [1.165, 1.54) is 23.1 Å². The first-order valence-electron chi connectivity index (χ1n) is 6.51. The Labute approximate surface area is 136 Å². The summed E-state index contributed by atoms with van der Waals surface area (Å²) < 4.78 is 0. The summed E-state index contributed by atoms with van der Waals surface area (Å²) in [7, 11) is 0. The molecular formula is C15H10Cl2N2O3. The molecule has 0 unspecified atom stereocenters. The van der Waals surface area contributed by atoms with E-state index in [0.717, 1.165) is 5.56 Å². The third kappa shape index (κ3) is 2.53. The van der Waals surface area contributed by atoms with Gasteiger partial charge in [0.15, 0.2) is 0 Å². The Hall–Kier alpha value is -2.11. The summed E-state index contributed by atoms with van der Waals surface area (Å²) in [5.41, 5.74) is 1.69. The molecule has 0 saturated carbocycles. The first-order chi connectivity index (χ1) is 10.5.